The van der Waals surface area contributed by atoms with Gasteiger partial charge in [-0.1, -0.05) is 11.6 Å². The van der Waals surface area contributed by atoms with Crippen molar-refractivity contribution in [1.29, 1.82) is 0 Å². The smallest absolute Gasteiger partial charge is 0.386 e. The van der Waals surface area contributed by atoms with E-state index in [2.05, 4.69) is 4.99 Å². The fourth-order valence-electron chi connectivity index (χ4n) is 1.01. The van der Waals surface area contributed by atoms with Crippen LogP contribution < -0.4 is 5.73 Å². The molecule has 0 atom stereocenters. The lowest BCUT2D eigenvalue weighted by Gasteiger charge is -2.10. The molecular formula is C9H6Cl2F3IN2. The number of nitrogens with zero attached hydrogens (tertiary/aromatic N) is 1. The third-order valence-corrected chi connectivity index (χ3v) is 3.12. The average Bonchev–Trinajstić information content (AvgIpc) is 2.21. The molecule has 0 amide bonds. The van der Waals surface area contributed by atoms with Gasteiger partial charge in [0.2, 0.25) is 0 Å². The Morgan fingerprint density at radius 1 is 1.41 bits per heavy atom. The fraction of sp³-hybridized carbons (Fsp3) is 0.222. The van der Waals surface area contributed by atoms with Crippen molar-refractivity contribution < 1.29 is 13.2 Å². The first-order valence-corrected chi connectivity index (χ1v) is 6.20. The molecule has 0 bridgehead atoms. The molecule has 0 spiro atoms. The van der Waals surface area contributed by atoms with Gasteiger partial charge in [0.15, 0.2) is 0 Å². The number of nitrogens with two attached hydrogens (primary N) is 1. The van der Waals surface area contributed by atoms with E-state index >= 15 is 0 Å². The molecule has 0 heterocycles. The quantitative estimate of drug-likeness (QED) is 0.346. The minimum atomic E-state index is -4.44. The van der Waals surface area contributed by atoms with Gasteiger partial charge < -0.3 is 5.73 Å². The lowest BCUT2D eigenvalue weighted by atomic mass is 10.2. The molecular weight excluding hydrogens is 391 g/mol. The third-order valence-electron chi connectivity index (χ3n) is 1.74. The molecule has 1 aromatic rings. The van der Waals surface area contributed by atoms with E-state index in [1.54, 1.807) is 22.6 Å². The van der Waals surface area contributed by atoms with E-state index in [9.17, 15) is 13.2 Å². The first-order chi connectivity index (χ1) is 7.75. The van der Waals surface area contributed by atoms with E-state index in [1.807, 2.05) is 0 Å². The molecule has 0 saturated carbocycles. The highest BCUT2D eigenvalue weighted by Crippen LogP contribution is 2.38. The van der Waals surface area contributed by atoms with Crippen molar-refractivity contribution in [2.75, 3.05) is 5.88 Å². The number of hydrogen-bond donors (Lipinski definition) is 1. The van der Waals surface area contributed by atoms with Gasteiger partial charge in [-0.3, -0.25) is 0 Å². The minimum Gasteiger partial charge on any atom is -0.386 e. The molecule has 0 aromatic heterocycles. The highest BCUT2D eigenvalue weighted by molar-refractivity contribution is 14.1. The number of amidine groups is 1. The summed E-state index contributed by atoms with van der Waals surface area (Å²) in [6.45, 7) is 0. The van der Waals surface area contributed by atoms with Gasteiger partial charge in [-0.15, -0.1) is 11.6 Å². The topological polar surface area (TPSA) is 38.4 Å². The first kappa shape index (κ1) is 14.8. The summed E-state index contributed by atoms with van der Waals surface area (Å²) in [7, 11) is 0. The lowest BCUT2D eigenvalue weighted by Crippen LogP contribution is -2.12. The predicted molar refractivity (Wildman–Crippen MR) is 71.2 cm³/mol. The molecule has 1 rings (SSSR count). The second-order valence-electron chi connectivity index (χ2n) is 3.02. The van der Waals surface area contributed by atoms with E-state index < -0.39 is 11.7 Å². The molecule has 0 aliphatic rings. The average molecular weight is 397 g/mol. The summed E-state index contributed by atoms with van der Waals surface area (Å²) in [5, 5.41) is -0.114. The number of alkyl halides is 4. The summed E-state index contributed by atoms with van der Waals surface area (Å²) in [6, 6.07) is 1.76. The molecule has 0 saturated heterocycles. The van der Waals surface area contributed by atoms with Crippen LogP contribution in [0.2, 0.25) is 5.02 Å². The van der Waals surface area contributed by atoms with Crippen LogP contribution in [0.25, 0.3) is 0 Å². The van der Waals surface area contributed by atoms with Gasteiger partial charge in [0.25, 0.3) is 0 Å². The summed E-state index contributed by atoms with van der Waals surface area (Å²) in [5.74, 6) is 0.0687. The molecule has 2 N–H and O–H groups in total. The number of hydrogen-bond acceptors (Lipinski definition) is 1. The molecule has 0 radical (unpaired) electrons. The van der Waals surface area contributed by atoms with Crippen LogP contribution in [0.3, 0.4) is 0 Å². The van der Waals surface area contributed by atoms with Crippen molar-refractivity contribution in [3.8, 4) is 0 Å². The van der Waals surface area contributed by atoms with Crippen molar-refractivity contribution in [1.82, 2.24) is 0 Å². The standard InChI is InChI=1S/C9H6Cl2F3IN2/c10-3-7(16)17-8-5(11)1-4(2-6(8)15)9(12,13)14/h1-2H,3H2,(H2,16,17). The van der Waals surface area contributed by atoms with Crippen molar-refractivity contribution in [3.05, 3.63) is 26.3 Å². The number of aliphatic imine (C=N–C) groups is 1. The van der Waals surface area contributed by atoms with Crippen LogP contribution in [-0.2, 0) is 6.18 Å². The van der Waals surface area contributed by atoms with Crippen molar-refractivity contribution in [3.63, 3.8) is 0 Å². The summed E-state index contributed by atoms with van der Waals surface area (Å²) in [4.78, 5) is 3.86. The molecule has 0 aliphatic carbocycles. The van der Waals surface area contributed by atoms with Crippen molar-refractivity contribution in [2.24, 2.45) is 10.7 Å². The van der Waals surface area contributed by atoms with E-state index in [0.29, 0.717) is 0 Å². The summed E-state index contributed by atoms with van der Waals surface area (Å²) < 4.78 is 37.7. The molecule has 17 heavy (non-hydrogen) atoms. The normalized spacial score (nSPS) is 12.9. The van der Waals surface area contributed by atoms with Crippen LogP contribution in [0.15, 0.2) is 17.1 Å². The van der Waals surface area contributed by atoms with E-state index in [0.717, 1.165) is 12.1 Å². The van der Waals surface area contributed by atoms with Crippen molar-refractivity contribution in [2.45, 2.75) is 6.18 Å². The van der Waals surface area contributed by atoms with Crippen LogP contribution in [0.4, 0.5) is 18.9 Å². The Hall–Kier alpha value is -0.210. The SMILES string of the molecule is NC(CCl)=Nc1c(Cl)cc(C(F)(F)F)cc1I. The summed E-state index contributed by atoms with van der Waals surface area (Å²) in [6.07, 6.45) is -4.44. The highest BCUT2D eigenvalue weighted by Gasteiger charge is 2.31. The molecule has 94 valence electrons. The van der Waals surface area contributed by atoms with Crippen LogP contribution in [0.1, 0.15) is 5.56 Å². The predicted octanol–water partition coefficient (Wildman–Crippen LogP) is 4.19. The Bertz CT molecular complexity index is 437. The lowest BCUT2D eigenvalue weighted by molar-refractivity contribution is -0.137. The molecule has 1 aromatic carbocycles. The zero-order valence-corrected chi connectivity index (χ0v) is 11.8. The van der Waals surface area contributed by atoms with Gasteiger partial charge in [-0.05, 0) is 34.7 Å². The molecule has 0 aliphatic heterocycles. The molecule has 2 nitrogen and oxygen atoms in total. The van der Waals surface area contributed by atoms with E-state index in [1.165, 1.54) is 0 Å². The Kier molecular flexibility index (Phi) is 4.91. The highest BCUT2D eigenvalue weighted by atomic mass is 127. The van der Waals surface area contributed by atoms with Crippen LogP contribution >= 0.6 is 45.8 Å². The van der Waals surface area contributed by atoms with Crippen LogP contribution in [0.5, 0.6) is 0 Å². The van der Waals surface area contributed by atoms with Gasteiger partial charge in [-0.2, -0.15) is 13.2 Å². The van der Waals surface area contributed by atoms with E-state index in [4.69, 9.17) is 28.9 Å². The largest absolute Gasteiger partial charge is 0.416 e. The number of benzene rings is 1. The van der Waals surface area contributed by atoms with Gasteiger partial charge in [0.05, 0.1) is 22.2 Å². The second-order valence-corrected chi connectivity index (χ2v) is 4.86. The van der Waals surface area contributed by atoms with Crippen LogP contribution in [0, 0.1) is 3.57 Å². The maximum absolute atomic E-state index is 12.5. The molecule has 0 unspecified atom stereocenters. The first-order valence-electron chi connectivity index (χ1n) is 4.21. The summed E-state index contributed by atoms with van der Waals surface area (Å²) >= 11 is 12.9. The molecule has 8 heteroatoms. The van der Waals surface area contributed by atoms with Gasteiger partial charge in [0.1, 0.15) is 5.84 Å². The molecule has 0 fully saturated rings. The number of halogens is 6. The fourth-order valence-corrected chi connectivity index (χ4v) is 2.24. The number of rotatable bonds is 2. The summed E-state index contributed by atoms with van der Waals surface area (Å²) in [5.41, 5.74) is 4.77. The van der Waals surface area contributed by atoms with Crippen molar-refractivity contribution >= 4 is 57.3 Å². The van der Waals surface area contributed by atoms with Gasteiger partial charge >= 0.3 is 6.18 Å². The zero-order valence-electron chi connectivity index (χ0n) is 8.15. The van der Waals surface area contributed by atoms with Crippen LogP contribution in [-0.4, -0.2) is 11.7 Å². The monoisotopic (exact) mass is 396 g/mol. The Morgan fingerprint density at radius 2 is 2.00 bits per heavy atom. The second kappa shape index (κ2) is 5.62. The third kappa shape index (κ3) is 3.89. The van der Waals surface area contributed by atoms with Gasteiger partial charge in [-0.25, -0.2) is 4.99 Å². The Labute approximate surface area is 119 Å². The maximum Gasteiger partial charge on any atom is 0.416 e. The van der Waals surface area contributed by atoms with E-state index in [-0.39, 0.29) is 26.0 Å². The van der Waals surface area contributed by atoms with Gasteiger partial charge in [0, 0.05) is 3.57 Å². The Morgan fingerprint density at radius 3 is 2.41 bits per heavy atom. The Balaban J connectivity index is 3.30. The maximum atomic E-state index is 12.5. The minimum absolute atomic E-state index is 0.0204. The zero-order chi connectivity index (χ0) is 13.2.